The average Bonchev–Trinajstić information content (AvgIpc) is 2.64. The van der Waals surface area contributed by atoms with Crippen LogP contribution in [0.5, 0.6) is 0 Å². The topological polar surface area (TPSA) is 23.5 Å². The lowest BCUT2D eigenvalue weighted by Gasteiger charge is -2.25. The smallest absolute Gasteiger partial charge is 0.0690 e. The Morgan fingerprint density at radius 3 is 3.21 bits per heavy atom. The first kappa shape index (κ1) is 8.38. The van der Waals surface area contributed by atoms with Crippen molar-refractivity contribution in [1.29, 1.82) is 0 Å². The Labute approximate surface area is 87.2 Å². The lowest BCUT2D eigenvalue weighted by molar-refractivity contribution is 0.330. The molecule has 0 atom stereocenters. The van der Waals surface area contributed by atoms with Gasteiger partial charge in [0.15, 0.2) is 0 Å². The number of aliphatic hydroxyl groups excluding tert-OH is 1. The van der Waals surface area contributed by atoms with Gasteiger partial charge in [-0.25, -0.2) is 0 Å². The van der Waals surface area contributed by atoms with Crippen LogP contribution in [-0.4, -0.2) is 24.1 Å². The van der Waals surface area contributed by atoms with Crippen LogP contribution < -0.4 is 4.90 Å². The summed E-state index contributed by atoms with van der Waals surface area (Å²) in [5.41, 5.74) is 3.72. The van der Waals surface area contributed by atoms with Gasteiger partial charge in [0, 0.05) is 11.4 Å². The Morgan fingerprint density at radius 2 is 2.36 bits per heavy atom. The molecule has 0 unspecified atom stereocenters. The van der Waals surface area contributed by atoms with Gasteiger partial charge in [-0.1, -0.05) is 12.1 Å². The number of aliphatic hydroxyl groups is 1. The largest absolute Gasteiger partial charge is 0.392 e. The summed E-state index contributed by atoms with van der Waals surface area (Å²) in [7, 11) is 0. The second kappa shape index (κ2) is 3.04. The fourth-order valence-corrected chi connectivity index (χ4v) is 3.13. The third-order valence-electron chi connectivity index (χ3n) is 2.68. The Balaban J connectivity index is 2.18. The fourth-order valence-electron chi connectivity index (χ4n) is 2.05. The van der Waals surface area contributed by atoms with Gasteiger partial charge in [-0.15, -0.1) is 11.8 Å². The molecule has 14 heavy (non-hydrogen) atoms. The summed E-state index contributed by atoms with van der Waals surface area (Å²) >= 11 is 1.88. The van der Waals surface area contributed by atoms with E-state index in [9.17, 15) is 0 Å². The molecule has 1 aromatic rings. The number of anilines is 1. The lowest BCUT2D eigenvalue weighted by Crippen LogP contribution is -2.26. The molecule has 3 heteroatoms. The maximum atomic E-state index is 9.15. The van der Waals surface area contributed by atoms with Crippen LogP contribution in [0.15, 0.2) is 28.7 Å². The highest BCUT2D eigenvalue weighted by Gasteiger charge is 2.25. The molecule has 0 aliphatic carbocycles. The van der Waals surface area contributed by atoms with Gasteiger partial charge in [-0.05, 0) is 23.3 Å². The van der Waals surface area contributed by atoms with Crippen molar-refractivity contribution in [2.45, 2.75) is 4.90 Å². The van der Waals surface area contributed by atoms with E-state index in [0.717, 1.165) is 18.0 Å². The minimum Gasteiger partial charge on any atom is -0.392 e. The molecule has 0 amide bonds. The zero-order chi connectivity index (χ0) is 9.54. The van der Waals surface area contributed by atoms with Crippen molar-refractivity contribution >= 4 is 23.5 Å². The van der Waals surface area contributed by atoms with Crippen LogP contribution in [0.3, 0.4) is 0 Å². The van der Waals surface area contributed by atoms with Gasteiger partial charge < -0.3 is 10.0 Å². The van der Waals surface area contributed by atoms with E-state index in [1.54, 1.807) is 0 Å². The Kier molecular flexibility index (Phi) is 1.82. The highest BCUT2D eigenvalue weighted by Crippen LogP contribution is 2.43. The predicted molar refractivity (Wildman–Crippen MR) is 59.6 cm³/mol. The molecule has 2 aliphatic rings. The molecule has 1 aromatic carbocycles. The van der Waals surface area contributed by atoms with Gasteiger partial charge in [0.1, 0.15) is 0 Å². The number of hydrogen-bond donors (Lipinski definition) is 1. The predicted octanol–water partition coefficient (Wildman–Crippen LogP) is 1.95. The van der Waals surface area contributed by atoms with E-state index in [4.69, 9.17) is 5.11 Å². The molecule has 0 radical (unpaired) electrons. The van der Waals surface area contributed by atoms with Gasteiger partial charge in [0.25, 0.3) is 0 Å². The summed E-state index contributed by atoms with van der Waals surface area (Å²) in [4.78, 5) is 3.71. The van der Waals surface area contributed by atoms with E-state index >= 15 is 0 Å². The van der Waals surface area contributed by atoms with Gasteiger partial charge in [-0.2, -0.15) is 0 Å². The Morgan fingerprint density at radius 1 is 1.43 bits per heavy atom. The van der Waals surface area contributed by atoms with Gasteiger partial charge in [0.05, 0.1) is 18.2 Å². The molecule has 0 saturated heterocycles. The van der Waals surface area contributed by atoms with Crippen LogP contribution in [0.2, 0.25) is 0 Å². The molecule has 72 valence electrons. The second-order valence-corrected chi connectivity index (χ2v) is 4.61. The highest BCUT2D eigenvalue weighted by atomic mass is 32.2. The van der Waals surface area contributed by atoms with Crippen molar-refractivity contribution in [2.75, 3.05) is 23.9 Å². The molecular weight excluding hydrogens is 194 g/mol. The molecule has 0 spiro atoms. The normalized spacial score (nSPS) is 18.1. The minimum atomic E-state index is 0.171. The van der Waals surface area contributed by atoms with E-state index < -0.39 is 0 Å². The molecule has 3 rings (SSSR count). The number of para-hydroxylation sites is 1. The summed E-state index contributed by atoms with van der Waals surface area (Å²) < 4.78 is 0. The summed E-state index contributed by atoms with van der Waals surface area (Å²) in [6, 6.07) is 6.37. The monoisotopic (exact) mass is 205 g/mol. The van der Waals surface area contributed by atoms with Gasteiger partial charge >= 0.3 is 0 Å². The molecule has 2 nitrogen and oxygen atoms in total. The second-order valence-electron chi connectivity index (χ2n) is 3.63. The maximum Gasteiger partial charge on any atom is 0.0690 e. The highest BCUT2D eigenvalue weighted by molar-refractivity contribution is 7.99. The van der Waals surface area contributed by atoms with Crippen molar-refractivity contribution < 1.29 is 5.11 Å². The minimum absolute atomic E-state index is 0.171. The zero-order valence-corrected chi connectivity index (χ0v) is 8.55. The van der Waals surface area contributed by atoms with Crippen LogP contribution in [0.1, 0.15) is 5.56 Å². The number of rotatable bonds is 1. The number of benzene rings is 1. The van der Waals surface area contributed by atoms with E-state index in [1.807, 2.05) is 11.8 Å². The average molecular weight is 205 g/mol. The first-order chi connectivity index (χ1) is 6.88. The Hall–Kier alpha value is -0.930. The van der Waals surface area contributed by atoms with Crippen LogP contribution in [0.25, 0.3) is 6.08 Å². The standard InChI is InChI=1S/C11H11NOS/c13-6-8-4-9-2-1-3-10-11(9)12(5-8)7-14-10/h1-4,13H,5-7H2. The van der Waals surface area contributed by atoms with E-state index in [-0.39, 0.29) is 6.61 Å². The molecular formula is C11H11NOS. The van der Waals surface area contributed by atoms with Crippen molar-refractivity contribution in [2.24, 2.45) is 0 Å². The number of hydrogen-bond acceptors (Lipinski definition) is 3. The molecule has 0 saturated carbocycles. The van der Waals surface area contributed by atoms with Gasteiger partial charge in [0.2, 0.25) is 0 Å². The van der Waals surface area contributed by atoms with Crippen LogP contribution >= 0.6 is 11.8 Å². The summed E-state index contributed by atoms with van der Waals surface area (Å²) in [5.74, 6) is 1.02. The van der Waals surface area contributed by atoms with E-state index in [0.29, 0.717) is 0 Å². The van der Waals surface area contributed by atoms with Crippen molar-refractivity contribution in [3.63, 3.8) is 0 Å². The van der Waals surface area contributed by atoms with Gasteiger partial charge in [-0.3, -0.25) is 0 Å². The first-order valence-electron chi connectivity index (χ1n) is 4.69. The summed E-state index contributed by atoms with van der Waals surface area (Å²) in [6.07, 6.45) is 2.11. The number of nitrogens with zero attached hydrogens (tertiary/aromatic N) is 1. The van der Waals surface area contributed by atoms with Crippen molar-refractivity contribution in [1.82, 2.24) is 0 Å². The Bertz CT molecular complexity index is 414. The maximum absolute atomic E-state index is 9.15. The molecule has 0 aromatic heterocycles. The van der Waals surface area contributed by atoms with Crippen LogP contribution in [-0.2, 0) is 0 Å². The van der Waals surface area contributed by atoms with Crippen molar-refractivity contribution in [3.8, 4) is 0 Å². The first-order valence-corrected chi connectivity index (χ1v) is 5.68. The molecule has 2 aliphatic heterocycles. The third-order valence-corrected chi connectivity index (χ3v) is 3.76. The summed E-state index contributed by atoms with van der Waals surface area (Å²) in [6.45, 7) is 1.05. The molecule has 0 bridgehead atoms. The zero-order valence-electron chi connectivity index (χ0n) is 7.73. The third kappa shape index (κ3) is 1.09. The fraction of sp³-hybridized carbons (Fsp3) is 0.273. The SMILES string of the molecule is OCC1=Cc2cccc3c2N(CS3)C1. The van der Waals surface area contributed by atoms with Crippen molar-refractivity contribution in [3.05, 3.63) is 29.3 Å². The molecule has 2 heterocycles. The quantitative estimate of drug-likeness (QED) is 0.758. The lowest BCUT2D eigenvalue weighted by atomic mass is 10.0. The number of thioether (sulfide) groups is 1. The van der Waals surface area contributed by atoms with E-state index in [1.165, 1.54) is 16.1 Å². The molecule has 0 fully saturated rings. The van der Waals surface area contributed by atoms with Crippen LogP contribution in [0, 0.1) is 0 Å². The van der Waals surface area contributed by atoms with Crippen LogP contribution in [0.4, 0.5) is 5.69 Å². The molecule has 1 N–H and O–H groups in total. The summed E-state index contributed by atoms with van der Waals surface area (Å²) in [5, 5.41) is 9.15. The van der Waals surface area contributed by atoms with E-state index in [2.05, 4.69) is 29.2 Å².